The van der Waals surface area contributed by atoms with Gasteiger partial charge in [-0.25, -0.2) is 9.97 Å². The third kappa shape index (κ3) is 3.22. The number of halogens is 1. The van der Waals surface area contributed by atoms with Gasteiger partial charge in [0.2, 0.25) is 0 Å². The molecule has 8 heteroatoms. The Labute approximate surface area is 194 Å². The molecule has 1 N–H and O–H groups in total. The van der Waals surface area contributed by atoms with Crippen LogP contribution in [0.1, 0.15) is 65.9 Å². The molecule has 0 radical (unpaired) electrons. The van der Waals surface area contributed by atoms with E-state index >= 15 is 0 Å². The van der Waals surface area contributed by atoms with Crippen molar-refractivity contribution in [2.45, 2.75) is 57.7 Å². The summed E-state index contributed by atoms with van der Waals surface area (Å²) in [5.74, 6) is 1.63. The minimum Gasteiger partial charge on any atom is -0.481 e. The van der Waals surface area contributed by atoms with Crippen molar-refractivity contribution in [1.29, 1.82) is 0 Å². The fourth-order valence-corrected chi connectivity index (χ4v) is 6.17. The quantitative estimate of drug-likeness (QED) is 0.396. The van der Waals surface area contributed by atoms with Crippen LogP contribution in [-0.4, -0.2) is 20.2 Å². The van der Waals surface area contributed by atoms with E-state index in [-0.39, 0.29) is 6.10 Å². The minimum absolute atomic E-state index is 0.213. The molecule has 32 heavy (non-hydrogen) atoms. The third-order valence-corrected chi connectivity index (χ3v) is 7.83. The van der Waals surface area contributed by atoms with Crippen LogP contribution >= 0.6 is 22.9 Å². The Bertz CT molecular complexity index is 1330. The first-order valence-electron chi connectivity index (χ1n) is 11.0. The minimum atomic E-state index is -0.509. The highest BCUT2D eigenvalue weighted by Crippen LogP contribution is 2.48. The van der Waals surface area contributed by atoms with Crippen LogP contribution in [0.2, 0.25) is 5.02 Å². The predicted molar refractivity (Wildman–Crippen MR) is 123 cm³/mol. The summed E-state index contributed by atoms with van der Waals surface area (Å²) in [5, 5.41) is 15.3. The van der Waals surface area contributed by atoms with Gasteiger partial charge >= 0.3 is 0 Å². The fourth-order valence-electron chi connectivity index (χ4n) is 4.74. The van der Waals surface area contributed by atoms with Crippen molar-refractivity contribution in [3.63, 3.8) is 0 Å². The van der Waals surface area contributed by atoms with E-state index in [1.807, 2.05) is 25.1 Å². The Hall–Kier alpha value is -2.48. The van der Waals surface area contributed by atoms with E-state index in [1.165, 1.54) is 16.9 Å². The number of rotatable bonds is 4. The number of fused-ring (bicyclic) bond motifs is 3. The molecule has 6 nitrogen and oxygen atoms in total. The summed E-state index contributed by atoms with van der Waals surface area (Å²) in [6.45, 7) is 1.96. The fraction of sp³-hybridized carbons (Fsp3) is 0.375. The summed E-state index contributed by atoms with van der Waals surface area (Å²) >= 11 is 8.04. The van der Waals surface area contributed by atoms with Crippen molar-refractivity contribution in [1.82, 2.24) is 15.1 Å². The average molecular weight is 468 g/mol. The van der Waals surface area contributed by atoms with Crippen LogP contribution in [0.15, 0.2) is 29.0 Å². The molecule has 0 saturated heterocycles. The molecule has 2 aliphatic rings. The lowest BCUT2D eigenvalue weighted by molar-refractivity contribution is 0.177. The topological polar surface area (TPSA) is 81.3 Å². The van der Waals surface area contributed by atoms with E-state index in [4.69, 9.17) is 20.9 Å². The lowest BCUT2D eigenvalue weighted by Gasteiger charge is -2.14. The maximum atomic E-state index is 10.3. The van der Waals surface area contributed by atoms with Gasteiger partial charge in [0.25, 0.3) is 0 Å². The Morgan fingerprint density at radius 3 is 2.97 bits per heavy atom. The second-order valence-corrected chi connectivity index (χ2v) is 9.96. The highest BCUT2D eigenvalue weighted by Gasteiger charge is 2.34. The van der Waals surface area contributed by atoms with Crippen molar-refractivity contribution in [2.75, 3.05) is 0 Å². The molecule has 0 bridgehead atoms. The van der Waals surface area contributed by atoms with Crippen LogP contribution in [0.5, 0.6) is 5.75 Å². The van der Waals surface area contributed by atoms with Crippen LogP contribution in [0.4, 0.5) is 0 Å². The van der Waals surface area contributed by atoms with E-state index in [1.54, 1.807) is 6.33 Å². The molecule has 164 valence electrons. The van der Waals surface area contributed by atoms with Gasteiger partial charge in [-0.3, -0.25) is 0 Å². The van der Waals surface area contributed by atoms with Gasteiger partial charge in [0.05, 0.1) is 27.7 Å². The van der Waals surface area contributed by atoms with Crippen LogP contribution in [0.3, 0.4) is 0 Å². The number of nitrogens with zero attached hydrogens (tertiary/aromatic N) is 3. The van der Waals surface area contributed by atoms with Gasteiger partial charge in [-0.1, -0.05) is 23.7 Å². The first kappa shape index (κ1) is 20.1. The zero-order valence-corrected chi connectivity index (χ0v) is 19.2. The van der Waals surface area contributed by atoms with Crippen LogP contribution in [0.25, 0.3) is 21.5 Å². The SMILES string of the molecule is CC[C@H](O)c1cc2ncnc(-c3cc(Cl)cc4c3O[C@@H](c3onc5c3CCCC5)C4)c2s1. The Kier molecular flexibility index (Phi) is 4.93. The third-order valence-electron chi connectivity index (χ3n) is 6.38. The van der Waals surface area contributed by atoms with Gasteiger partial charge in [-0.2, -0.15) is 0 Å². The smallest absolute Gasteiger partial charge is 0.181 e. The van der Waals surface area contributed by atoms with Gasteiger partial charge in [0.1, 0.15) is 12.1 Å². The Morgan fingerprint density at radius 1 is 1.22 bits per heavy atom. The molecule has 2 atom stereocenters. The number of aryl methyl sites for hydroxylation is 1. The second-order valence-electron chi connectivity index (χ2n) is 8.44. The van der Waals surface area contributed by atoms with Crippen molar-refractivity contribution in [2.24, 2.45) is 0 Å². The first-order chi connectivity index (χ1) is 15.6. The van der Waals surface area contributed by atoms with E-state index < -0.39 is 6.10 Å². The molecular weight excluding hydrogens is 446 g/mol. The van der Waals surface area contributed by atoms with Gasteiger partial charge in [-0.15, -0.1) is 11.3 Å². The van der Waals surface area contributed by atoms with E-state index in [9.17, 15) is 5.11 Å². The van der Waals surface area contributed by atoms with Gasteiger partial charge in [-0.05, 0) is 50.3 Å². The van der Waals surface area contributed by atoms with Gasteiger partial charge in [0, 0.05) is 33.0 Å². The molecule has 1 aliphatic carbocycles. The molecule has 1 aliphatic heterocycles. The Balaban J connectivity index is 1.44. The molecule has 0 fully saturated rings. The summed E-state index contributed by atoms with van der Waals surface area (Å²) in [6.07, 6.45) is 6.43. The summed E-state index contributed by atoms with van der Waals surface area (Å²) < 4.78 is 13.2. The van der Waals surface area contributed by atoms with Crippen LogP contribution < -0.4 is 4.74 Å². The molecule has 0 saturated carbocycles. The number of aliphatic hydroxyl groups is 1. The zero-order chi connectivity index (χ0) is 21.8. The molecule has 4 aromatic rings. The molecular formula is C24H22ClN3O3S. The molecule has 0 spiro atoms. The van der Waals surface area contributed by atoms with E-state index in [0.29, 0.717) is 17.9 Å². The molecule has 6 rings (SSSR count). The number of aromatic nitrogens is 3. The highest BCUT2D eigenvalue weighted by molar-refractivity contribution is 7.19. The van der Waals surface area contributed by atoms with Crippen molar-refractivity contribution >= 4 is 33.2 Å². The monoisotopic (exact) mass is 467 g/mol. The van der Waals surface area contributed by atoms with Crippen LogP contribution in [-0.2, 0) is 19.3 Å². The standard InChI is InChI=1S/C24H22ClN3O3S/c1-2-18(29)20-10-17-24(32-20)21(27-11-26-17)15-9-13(25)7-12-8-19(30-22(12)15)23-14-5-3-4-6-16(14)28-31-23/h7,9-11,18-19,29H,2-6,8H2,1H3/t18-,19+/m0/s1. The lowest BCUT2D eigenvalue weighted by Crippen LogP contribution is -2.08. The maximum Gasteiger partial charge on any atom is 0.181 e. The van der Waals surface area contributed by atoms with Gasteiger partial charge < -0.3 is 14.4 Å². The van der Waals surface area contributed by atoms with Crippen molar-refractivity contribution in [3.05, 3.63) is 57.0 Å². The maximum absolute atomic E-state index is 10.3. The summed E-state index contributed by atoms with van der Waals surface area (Å²) in [5.41, 5.74) is 5.75. The first-order valence-corrected chi connectivity index (χ1v) is 12.2. The van der Waals surface area contributed by atoms with E-state index in [0.717, 1.165) is 74.8 Å². The Morgan fingerprint density at radius 2 is 2.09 bits per heavy atom. The predicted octanol–water partition coefficient (Wildman–Crippen LogP) is 6.00. The van der Waals surface area contributed by atoms with Gasteiger partial charge in [0.15, 0.2) is 11.9 Å². The molecule has 0 amide bonds. The molecule has 0 unspecified atom stereocenters. The largest absolute Gasteiger partial charge is 0.481 e. The summed E-state index contributed by atoms with van der Waals surface area (Å²) in [6, 6.07) is 5.80. The zero-order valence-electron chi connectivity index (χ0n) is 17.6. The number of hydrogen-bond acceptors (Lipinski definition) is 7. The highest BCUT2D eigenvalue weighted by atomic mass is 35.5. The number of ether oxygens (including phenoxy) is 1. The molecule has 3 aromatic heterocycles. The second kappa shape index (κ2) is 7.83. The van der Waals surface area contributed by atoms with Crippen molar-refractivity contribution in [3.8, 4) is 17.0 Å². The van der Waals surface area contributed by atoms with Crippen molar-refractivity contribution < 1.29 is 14.4 Å². The average Bonchev–Trinajstić information content (AvgIpc) is 3.53. The number of benzene rings is 1. The lowest BCUT2D eigenvalue weighted by atomic mass is 9.93. The molecule has 1 aromatic carbocycles. The summed E-state index contributed by atoms with van der Waals surface area (Å²) in [7, 11) is 0. The summed E-state index contributed by atoms with van der Waals surface area (Å²) in [4.78, 5) is 9.90. The molecule has 4 heterocycles. The number of hydrogen-bond donors (Lipinski definition) is 1. The normalized spacial score (nSPS) is 18.4. The number of thiophene rings is 1. The van der Waals surface area contributed by atoms with Crippen LogP contribution in [0, 0.1) is 0 Å². The number of aliphatic hydroxyl groups excluding tert-OH is 1. The van der Waals surface area contributed by atoms with E-state index in [2.05, 4.69) is 15.1 Å².